The molecular weight excluding hydrogens is 412 g/mol. The van der Waals surface area contributed by atoms with Crippen LogP contribution in [-0.4, -0.2) is 27.6 Å². The zero-order chi connectivity index (χ0) is 22.2. The highest BCUT2D eigenvalue weighted by Crippen LogP contribution is 2.28. The average molecular weight is 435 g/mol. The van der Waals surface area contributed by atoms with Crippen LogP contribution in [0.25, 0.3) is 21.1 Å². The van der Waals surface area contributed by atoms with Gasteiger partial charge in [-0.25, -0.2) is 9.78 Å². The summed E-state index contributed by atoms with van der Waals surface area (Å²) in [5.41, 5.74) is 3.13. The van der Waals surface area contributed by atoms with E-state index in [0.717, 1.165) is 21.3 Å². The zero-order valence-electron chi connectivity index (χ0n) is 17.6. The zero-order valence-corrected chi connectivity index (χ0v) is 18.5. The topological polar surface area (TPSA) is 93.2 Å². The van der Waals surface area contributed by atoms with E-state index >= 15 is 0 Å². The number of rotatable bonds is 3. The maximum Gasteiger partial charge on any atom is 0.413 e. The molecule has 0 spiro atoms. The van der Waals surface area contributed by atoms with Crippen molar-refractivity contribution in [3.8, 4) is 0 Å². The Bertz CT molecular complexity index is 1310. The molecule has 2 heterocycles. The molecule has 0 fully saturated rings. The van der Waals surface area contributed by atoms with E-state index in [1.807, 2.05) is 37.3 Å². The van der Waals surface area contributed by atoms with Gasteiger partial charge in [0.25, 0.3) is 5.91 Å². The molecule has 31 heavy (non-hydrogen) atoms. The van der Waals surface area contributed by atoms with Crippen LogP contribution in [0.3, 0.4) is 0 Å². The summed E-state index contributed by atoms with van der Waals surface area (Å²) < 4.78 is 6.04. The number of amides is 2. The largest absolute Gasteiger partial charge is 0.444 e. The Morgan fingerprint density at radius 1 is 0.935 bits per heavy atom. The number of fused-ring (bicyclic) bond motifs is 2. The van der Waals surface area contributed by atoms with E-state index in [4.69, 9.17) is 4.74 Å². The van der Waals surface area contributed by atoms with E-state index in [-0.39, 0.29) is 5.91 Å². The van der Waals surface area contributed by atoms with Crippen LogP contribution in [0.2, 0.25) is 0 Å². The van der Waals surface area contributed by atoms with Gasteiger partial charge in [-0.2, -0.15) is 0 Å². The summed E-state index contributed by atoms with van der Waals surface area (Å²) in [6.07, 6.45) is -0.564. The summed E-state index contributed by atoms with van der Waals surface area (Å²) in [6, 6.07) is 14.8. The van der Waals surface area contributed by atoms with Gasteiger partial charge in [0, 0.05) is 22.3 Å². The van der Waals surface area contributed by atoms with Crippen molar-refractivity contribution in [1.29, 1.82) is 0 Å². The van der Waals surface area contributed by atoms with Gasteiger partial charge in [-0.1, -0.05) is 17.4 Å². The lowest BCUT2D eigenvalue weighted by Gasteiger charge is -2.18. The van der Waals surface area contributed by atoms with Gasteiger partial charge in [-0.05, 0) is 70.2 Å². The number of aromatic nitrogens is 2. The fourth-order valence-electron chi connectivity index (χ4n) is 3.02. The molecule has 4 aromatic rings. The molecule has 0 aliphatic carbocycles. The lowest BCUT2D eigenvalue weighted by Crippen LogP contribution is -2.27. The van der Waals surface area contributed by atoms with Crippen LogP contribution in [0.1, 0.15) is 36.8 Å². The molecule has 7 nitrogen and oxygen atoms in total. The number of ether oxygens (including phenoxy) is 1. The Kier molecular flexibility index (Phi) is 5.32. The molecule has 0 atom stereocenters. The van der Waals surface area contributed by atoms with Crippen LogP contribution in [0, 0.1) is 6.92 Å². The number of anilines is 2. The molecule has 2 aromatic heterocycles. The van der Waals surface area contributed by atoms with E-state index in [9.17, 15) is 9.59 Å². The molecule has 0 saturated heterocycles. The third-order valence-electron chi connectivity index (χ3n) is 4.34. The van der Waals surface area contributed by atoms with Crippen molar-refractivity contribution in [3.63, 3.8) is 0 Å². The normalized spacial score (nSPS) is 11.5. The first-order chi connectivity index (χ1) is 14.7. The molecule has 8 heteroatoms. The van der Waals surface area contributed by atoms with Crippen LogP contribution in [-0.2, 0) is 4.74 Å². The second kappa shape index (κ2) is 7.96. The first kappa shape index (κ1) is 20.7. The molecule has 158 valence electrons. The number of thiazole rings is 1. The minimum Gasteiger partial charge on any atom is -0.444 e. The molecule has 0 radical (unpaired) electrons. The smallest absolute Gasteiger partial charge is 0.413 e. The number of hydrogen-bond donors (Lipinski definition) is 2. The fourth-order valence-corrected chi connectivity index (χ4v) is 3.91. The fraction of sp³-hybridized carbons (Fsp3) is 0.217. The summed E-state index contributed by atoms with van der Waals surface area (Å²) in [6.45, 7) is 7.33. The van der Waals surface area contributed by atoms with Crippen molar-refractivity contribution in [2.45, 2.75) is 33.3 Å². The predicted molar refractivity (Wildman–Crippen MR) is 124 cm³/mol. The summed E-state index contributed by atoms with van der Waals surface area (Å²) in [5, 5.41) is 6.93. The lowest BCUT2D eigenvalue weighted by molar-refractivity contribution is 0.0635. The van der Waals surface area contributed by atoms with E-state index < -0.39 is 11.7 Å². The second-order valence-corrected chi connectivity index (χ2v) is 9.17. The summed E-state index contributed by atoms with van der Waals surface area (Å²) in [5.74, 6) is -0.226. The minimum atomic E-state index is -0.594. The number of nitrogens with zero attached hydrogens (tertiary/aromatic N) is 2. The number of benzene rings is 2. The van der Waals surface area contributed by atoms with Crippen LogP contribution < -0.4 is 10.6 Å². The maximum absolute atomic E-state index is 12.8. The highest BCUT2D eigenvalue weighted by atomic mass is 32.1. The van der Waals surface area contributed by atoms with Gasteiger partial charge in [0.15, 0.2) is 5.13 Å². The number of carbonyl (C=O) groups is 2. The van der Waals surface area contributed by atoms with Crippen LogP contribution in [0.5, 0.6) is 0 Å². The average Bonchev–Trinajstić information content (AvgIpc) is 3.07. The number of nitrogens with one attached hydrogen (secondary N) is 2. The molecule has 0 aliphatic heterocycles. The standard InChI is InChI=1S/C23H22N4O3S/c1-13-5-6-14-11-16(8-10-17(14)24-13)25-20(28)15-7-9-18-19(12-15)31-21(26-18)27-22(29)30-23(2,3)4/h5-12H,1-4H3,(H,25,28)(H,26,27,29). The van der Waals surface area contributed by atoms with E-state index in [0.29, 0.717) is 21.9 Å². The molecule has 2 aromatic carbocycles. The van der Waals surface area contributed by atoms with Crippen LogP contribution >= 0.6 is 11.3 Å². The van der Waals surface area contributed by atoms with E-state index in [2.05, 4.69) is 20.6 Å². The second-order valence-electron chi connectivity index (χ2n) is 8.14. The monoisotopic (exact) mass is 434 g/mol. The SMILES string of the molecule is Cc1ccc2cc(NC(=O)c3ccc4nc(NC(=O)OC(C)(C)C)sc4c3)ccc2n1. The number of hydrogen-bond acceptors (Lipinski definition) is 6. The number of aryl methyl sites for hydroxylation is 1. The Balaban J connectivity index is 1.50. The van der Waals surface area contributed by atoms with Gasteiger partial charge >= 0.3 is 6.09 Å². The summed E-state index contributed by atoms with van der Waals surface area (Å²) >= 11 is 1.28. The molecule has 0 saturated carbocycles. The van der Waals surface area contributed by atoms with Gasteiger partial charge < -0.3 is 10.1 Å². The van der Waals surface area contributed by atoms with Crippen molar-refractivity contribution < 1.29 is 14.3 Å². The summed E-state index contributed by atoms with van der Waals surface area (Å²) in [7, 11) is 0. The first-order valence-electron chi connectivity index (χ1n) is 9.76. The van der Waals surface area contributed by atoms with Gasteiger partial charge in [0.2, 0.25) is 0 Å². The third-order valence-corrected chi connectivity index (χ3v) is 5.28. The molecule has 0 bridgehead atoms. The van der Waals surface area contributed by atoms with Crippen molar-refractivity contribution >= 4 is 55.3 Å². The van der Waals surface area contributed by atoms with Crippen molar-refractivity contribution in [1.82, 2.24) is 9.97 Å². The molecule has 2 amide bonds. The van der Waals surface area contributed by atoms with Crippen LogP contribution in [0.15, 0.2) is 48.5 Å². The maximum atomic E-state index is 12.8. The van der Waals surface area contributed by atoms with Gasteiger partial charge in [-0.15, -0.1) is 0 Å². The molecular formula is C23H22N4O3S. The minimum absolute atomic E-state index is 0.226. The Morgan fingerprint density at radius 2 is 1.71 bits per heavy atom. The summed E-state index contributed by atoms with van der Waals surface area (Å²) in [4.78, 5) is 33.6. The van der Waals surface area contributed by atoms with Gasteiger partial charge in [-0.3, -0.25) is 15.1 Å². The highest BCUT2D eigenvalue weighted by molar-refractivity contribution is 7.22. The van der Waals surface area contributed by atoms with Crippen LogP contribution in [0.4, 0.5) is 15.6 Å². The van der Waals surface area contributed by atoms with E-state index in [1.165, 1.54) is 11.3 Å². The Hall–Kier alpha value is -3.52. The van der Waals surface area contributed by atoms with E-state index in [1.54, 1.807) is 39.0 Å². The molecule has 4 rings (SSSR count). The van der Waals surface area contributed by atoms with Crippen molar-refractivity contribution in [3.05, 3.63) is 59.8 Å². The van der Waals surface area contributed by atoms with Crippen molar-refractivity contribution in [2.24, 2.45) is 0 Å². The first-order valence-corrected chi connectivity index (χ1v) is 10.6. The lowest BCUT2D eigenvalue weighted by atomic mass is 10.1. The number of carbonyl (C=O) groups excluding carboxylic acids is 2. The molecule has 0 aliphatic rings. The van der Waals surface area contributed by atoms with Crippen molar-refractivity contribution in [2.75, 3.05) is 10.6 Å². The highest BCUT2D eigenvalue weighted by Gasteiger charge is 2.18. The predicted octanol–water partition coefficient (Wildman–Crippen LogP) is 5.75. The number of pyridine rings is 1. The third kappa shape index (κ3) is 4.97. The molecule has 2 N–H and O–H groups in total. The Labute approximate surface area is 183 Å². The molecule has 0 unspecified atom stereocenters. The Morgan fingerprint density at radius 3 is 2.48 bits per heavy atom. The quantitative estimate of drug-likeness (QED) is 0.428. The van der Waals surface area contributed by atoms with Gasteiger partial charge in [0.05, 0.1) is 15.7 Å². The van der Waals surface area contributed by atoms with Gasteiger partial charge in [0.1, 0.15) is 5.60 Å².